The molecule has 1 saturated heterocycles. The number of likely N-dealkylation sites (N-methyl/N-ethyl adjacent to an activating group) is 1. The third kappa shape index (κ3) is 6.51. The van der Waals surface area contributed by atoms with Gasteiger partial charge in [-0.05, 0) is 30.7 Å². The molecule has 35 heavy (non-hydrogen) atoms. The van der Waals surface area contributed by atoms with E-state index in [9.17, 15) is 41.3 Å². The number of alkyl halides is 3. The van der Waals surface area contributed by atoms with E-state index in [-0.39, 0.29) is 33.3 Å². The fourth-order valence-electron chi connectivity index (χ4n) is 3.36. The van der Waals surface area contributed by atoms with Gasteiger partial charge < -0.3 is 9.64 Å². The van der Waals surface area contributed by atoms with Crippen LogP contribution in [0.1, 0.15) is 22.3 Å². The summed E-state index contributed by atoms with van der Waals surface area (Å²) in [6.07, 6.45) is -4.48. The highest BCUT2D eigenvalue weighted by atomic mass is 32.2. The first kappa shape index (κ1) is 26.5. The molecule has 0 aromatic heterocycles. The minimum atomic E-state index is -4.77. The van der Waals surface area contributed by atoms with E-state index in [0.717, 1.165) is 6.07 Å². The highest BCUT2D eigenvalue weighted by molar-refractivity contribution is 7.99. The third-order valence-electron chi connectivity index (χ3n) is 5.29. The van der Waals surface area contributed by atoms with E-state index < -0.39 is 56.7 Å². The molecule has 14 heteroatoms. The summed E-state index contributed by atoms with van der Waals surface area (Å²) in [7, 11) is -1.81. The molecule has 1 aliphatic heterocycles. The van der Waals surface area contributed by atoms with Crippen molar-refractivity contribution in [2.24, 2.45) is 0 Å². The van der Waals surface area contributed by atoms with Crippen molar-refractivity contribution in [2.45, 2.75) is 28.4 Å². The molecule has 0 saturated carbocycles. The van der Waals surface area contributed by atoms with Crippen molar-refractivity contribution in [3.63, 3.8) is 0 Å². The summed E-state index contributed by atoms with van der Waals surface area (Å²) in [6.45, 7) is -0.661. The van der Waals surface area contributed by atoms with E-state index in [2.05, 4.69) is 0 Å². The lowest BCUT2D eigenvalue weighted by Crippen LogP contribution is -2.40. The van der Waals surface area contributed by atoms with Crippen LogP contribution >= 0.6 is 11.8 Å². The van der Waals surface area contributed by atoms with Gasteiger partial charge in [-0.25, -0.2) is 13.2 Å². The number of amides is 1. The second-order valence-corrected chi connectivity index (χ2v) is 11.0. The summed E-state index contributed by atoms with van der Waals surface area (Å²) < 4.78 is 67.2. The molecule has 9 nitrogen and oxygen atoms in total. The summed E-state index contributed by atoms with van der Waals surface area (Å²) in [5, 5.41) is 11.4. The Labute approximate surface area is 202 Å². The van der Waals surface area contributed by atoms with Crippen molar-refractivity contribution >= 4 is 39.2 Å². The number of sulfone groups is 1. The van der Waals surface area contributed by atoms with Gasteiger partial charge in [-0.3, -0.25) is 14.9 Å². The Morgan fingerprint density at radius 3 is 2.49 bits per heavy atom. The van der Waals surface area contributed by atoms with Crippen molar-refractivity contribution in [1.29, 1.82) is 0 Å². The molecule has 0 spiro atoms. The van der Waals surface area contributed by atoms with E-state index in [1.54, 1.807) is 0 Å². The number of carbonyl (C=O) groups is 2. The number of esters is 1. The number of rotatable bonds is 7. The van der Waals surface area contributed by atoms with E-state index in [4.69, 9.17) is 4.74 Å². The monoisotopic (exact) mass is 532 g/mol. The Bertz CT molecular complexity index is 1270. The quantitative estimate of drug-likeness (QED) is 0.301. The Morgan fingerprint density at radius 1 is 1.20 bits per heavy atom. The van der Waals surface area contributed by atoms with Gasteiger partial charge in [0.05, 0.1) is 32.5 Å². The average Bonchev–Trinajstić information content (AvgIpc) is 3.16. The lowest BCUT2D eigenvalue weighted by Gasteiger charge is -2.23. The second kappa shape index (κ2) is 10.2. The molecule has 1 atom stereocenters. The standard InChI is InChI=1S/C21H19F3N2O7S2/c1-25(14-8-9-35(31,32)12-14)19(27)11-33-20(28)15-4-2-3-5-17(15)34-18-7-6-13(21(22,23)24)10-16(18)26(29)30/h2-7,10,14H,8-9,11-12H2,1H3/t14-/m1/s1. The third-order valence-corrected chi connectivity index (χ3v) is 8.18. The zero-order valence-corrected chi connectivity index (χ0v) is 19.8. The smallest absolute Gasteiger partial charge is 0.416 e. The van der Waals surface area contributed by atoms with Gasteiger partial charge in [-0.2, -0.15) is 13.2 Å². The van der Waals surface area contributed by atoms with Crippen molar-refractivity contribution in [3.05, 3.63) is 63.7 Å². The molecule has 188 valence electrons. The van der Waals surface area contributed by atoms with E-state index in [1.807, 2.05) is 0 Å². The van der Waals surface area contributed by atoms with Crippen LogP contribution in [0.5, 0.6) is 0 Å². The number of hydrogen-bond donors (Lipinski definition) is 0. The molecular formula is C21H19F3N2O7S2. The number of hydrogen-bond acceptors (Lipinski definition) is 8. The topological polar surface area (TPSA) is 124 Å². The second-order valence-electron chi connectivity index (χ2n) is 7.67. The number of nitrogens with zero attached hydrogens (tertiary/aromatic N) is 2. The molecule has 3 rings (SSSR count). The van der Waals surface area contributed by atoms with Crippen LogP contribution in [0.15, 0.2) is 52.3 Å². The van der Waals surface area contributed by atoms with Crippen LogP contribution in [-0.4, -0.2) is 61.3 Å². The van der Waals surface area contributed by atoms with Crippen molar-refractivity contribution < 1.29 is 40.8 Å². The molecular weight excluding hydrogens is 513 g/mol. The zero-order valence-electron chi connectivity index (χ0n) is 18.1. The first-order valence-corrected chi connectivity index (χ1v) is 12.7. The fraction of sp³-hybridized carbons (Fsp3) is 0.333. The molecule has 0 aliphatic carbocycles. The van der Waals surface area contributed by atoms with Gasteiger partial charge in [0.15, 0.2) is 16.4 Å². The normalized spacial score (nSPS) is 17.1. The van der Waals surface area contributed by atoms with E-state index in [1.165, 1.54) is 36.2 Å². The number of carbonyl (C=O) groups excluding carboxylic acids is 2. The maximum atomic E-state index is 13.0. The molecule has 1 amide bonds. The number of benzene rings is 2. The van der Waals surface area contributed by atoms with Gasteiger partial charge in [-0.1, -0.05) is 23.9 Å². The highest BCUT2D eigenvalue weighted by Gasteiger charge is 2.34. The van der Waals surface area contributed by atoms with Gasteiger partial charge in [0, 0.05) is 24.1 Å². The average molecular weight is 533 g/mol. The Morgan fingerprint density at radius 2 is 1.89 bits per heavy atom. The minimum Gasteiger partial charge on any atom is -0.452 e. The number of ether oxygens (including phenoxy) is 1. The predicted molar refractivity (Wildman–Crippen MR) is 119 cm³/mol. The SMILES string of the molecule is CN(C(=O)COC(=O)c1ccccc1Sc1ccc(C(F)(F)F)cc1[N+](=O)[O-])[C@@H]1CCS(=O)(=O)C1. The maximum absolute atomic E-state index is 13.0. The molecule has 1 fully saturated rings. The van der Waals surface area contributed by atoms with Gasteiger partial charge in [0.25, 0.3) is 11.6 Å². The van der Waals surface area contributed by atoms with Crippen LogP contribution in [0.2, 0.25) is 0 Å². The zero-order chi connectivity index (χ0) is 26.0. The minimum absolute atomic E-state index is 0.0320. The lowest BCUT2D eigenvalue weighted by molar-refractivity contribution is -0.388. The Kier molecular flexibility index (Phi) is 7.74. The Hall–Kier alpha value is -3.13. The van der Waals surface area contributed by atoms with E-state index in [0.29, 0.717) is 23.9 Å². The van der Waals surface area contributed by atoms with Gasteiger partial charge >= 0.3 is 12.1 Å². The van der Waals surface area contributed by atoms with Crippen LogP contribution in [0.3, 0.4) is 0 Å². The van der Waals surface area contributed by atoms with Crippen molar-refractivity contribution in [1.82, 2.24) is 4.90 Å². The first-order chi connectivity index (χ1) is 16.3. The van der Waals surface area contributed by atoms with Crippen LogP contribution in [0.25, 0.3) is 0 Å². The summed E-state index contributed by atoms with van der Waals surface area (Å²) in [6, 6.07) is 7.33. The molecule has 0 bridgehead atoms. The maximum Gasteiger partial charge on any atom is 0.416 e. The van der Waals surface area contributed by atoms with E-state index >= 15 is 0 Å². The molecule has 1 aliphatic rings. The van der Waals surface area contributed by atoms with Crippen molar-refractivity contribution in [3.8, 4) is 0 Å². The predicted octanol–water partition coefficient (Wildman–Crippen LogP) is 3.57. The number of nitro groups is 1. The van der Waals surface area contributed by atoms with Gasteiger partial charge in [0.2, 0.25) is 0 Å². The highest BCUT2D eigenvalue weighted by Crippen LogP contribution is 2.40. The van der Waals surface area contributed by atoms with Crippen LogP contribution in [0, 0.1) is 10.1 Å². The lowest BCUT2D eigenvalue weighted by atomic mass is 10.2. The molecule has 0 radical (unpaired) electrons. The van der Waals surface area contributed by atoms with Gasteiger partial charge in [0.1, 0.15) is 0 Å². The molecule has 2 aromatic rings. The fourth-order valence-corrected chi connectivity index (χ4v) is 6.15. The summed E-state index contributed by atoms with van der Waals surface area (Å²) in [5.41, 5.74) is -2.01. The summed E-state index contributed by atoms with van der Waals surface area (Å²) in [4.78, 5) is 36.7. The van der Waals surface area contributed by atoms with Crippen LogP contribution < -0.4 is 0 Å². The molecule has 1 heterocycles. The Balaban J connectivity index is 1.74. The summed E-state index contributed by atoms with van der Waals surface area (Å²) in [5.74, 6) is -1.74. The van der Waals surface area contributed by atoms with Crippen LogP contribution in [0.4, 0.5) is 18.9 Å². The molecule has 0 unspecified atom stereocenters. The van der Waals surface area contributed by atoms with Crippen molar-refractivity contribution in [2.75, 3.05) is 25.2 Å². The molecule has 2 aromatic carbocycles. The largest absolute Gasteiger partial charge is 0.452 e. The summed E-state index contributed by atoms with van der Waals surface area (Å²) >= 11 is 0.706. The number of halogens is 3. The molecule has 0 N–H and O–H groups in total. The number of nitro benzene ring substituents is 1. The first-order valence-electron chi connectivity index (χ1n) is 10.0. The van der Waals surface area contributed by atoms with Gasteiger partial charge in [-0.15, -0.1) is 0 Å². The van der Waals surface area contributed by atoms with Crippen LogP contribution in [-0.2, 0) is 25.5 Å².